The number of carbonyl (C=O) groups is 1. The van der Waals surface area contributed by atoms with Gasteiger partial charge in [-0.3, -0.25) is 4.79 Å². The lowest BCUT2D eigenvalue weighted by Crippen LogP contribution is -2.36. The lowest BCUT2D eigenvalue weighted by Gasteiger charge is -2.37. The van der Waals surface area contributed by atoms with E-state index in [1.165, 1.54) is 43.2 Å². The molecule has 0 atom stereocenters. The van der Waals surface area contributed by atoms with Gasteiger partial charge < -0.3 is 5.32 Å². The summed E-state index contributed by atoms with van der Waals surface area (Å²) in [6.45, 7) is 0.846. The van der Waals surface area contributed by atoms with Gasteiger partial charge in [0.1, 0.15) is 0 Å². The van der Waals surface area contributed by atoms with E-state index in [1.807, 2.05) is 18.2 Å². The number of allylic oxidation sites excluding steroid dienone is 1. The highest BCUT2D eigenvalue weighted by atomic mass is 16.1. The summed E-state index contributed by atoms with van der Waals surface area (Å²) >= 11 is 0. The molecular weight excluding hydrogens is 234 g/mol. The van der Waals surface area contributed by atoms with Crippen molar-refractivity contribution in [3.05, 3.63) is 42.0 Å². The van der Waals surface area contributed by atoms with Crippen LogP contribution in [0.25, 0.3) is 5.57 Å². The molecule has 19 heavy (non-hydrogen) atoms. The molecule has 3 rings (SSSR count). The Morgan fingerprint density at radius 3 is 2.47 bits per heavy atom. The zero-order valence-corrected chi connectivity index (χ0v) is 11.3. The van der Waals surface area contributed by atoms with E-state index >= 15 is 0 Å². The lowest BCUT2D eigenvalue weighted by molar-refractivity contribution is -0.116. The molecule has 1 aliphatic carbocycles. The van der Waals surface area contributed by atoms with Crippen molar-refractivity contribution in [2.45, 2.75) is 38.5 Å². The highest BCUT2D eigenvalue weighted by Crippen LogP contribution is 2.43. The number of rotatable bonds is 1. The Morgan fingerprint density at radius 1 is 1.00 bits per heavy atom. The van der Waals surface area contributed by atoms with Gasteiger partial charge in [0.15, 0.2) is 0 Å². The molecule has 0 unspecified atom stereocenters. The van der Waals surface area contributed by atoms with Gasteiger partial charge in [-0.25, -0.2) is 0 Å². The van der Waals surface area contributed by atoms with E-state index in [0.717, 1.165) is 13.0 Å². The molecule has 0 bridgehead atoms. The molecule has 1 aromatic rings. The molecule has 1 spiro atoms. The Kier molecular flexibility index (Phi) is 3.41. The van der Waals surface area contributed by atoms with E-state index in [4.69, 9.17) is 0 Å². The average molecular weight is 255 g/mol. The molecule has 1 aliphatic heterocycles. The number of amides is 1. The van der Waals surface area contributed by atoms with Crippen molar-refractivity contribution in [3.63, 3.8) is 0 Å². The summed E-state index contributed by atoms with van der Waals surface area (Å²) in [6.07, 6.45) is 9.29. The predicted octanol–water partition coefficient (Wildman–Crippen LogP) is 3.54. The monoisotopic (exact) mass is 255 g/mol. The van der Waals surface area contributed by atoms with Gasteiger partial charge in [-0.2, -0.15) is 0 Å². The lowest BCUT2D eigenvalue weighted by atomic mass is 9.70. The van der Waals surface area contributed by atoms with Gasteiger partial charge in [0, 0.05) is 12.6 Å². The van der Waals surface area contributed by atoms with E-state index in [0.29, 0.717) is 5.41 Å². The molecule has 0 aromatic heterocycles. The Morgan fingerprint density at radius 2 is 1.74 bits per heavy atom. The van der Waals surface area contributed by atoms with Gasteiger partial charge in [0.05, 0.1) is 0 Å². The Labute approximate surface area is 114 Å². The maximum Gasteiger partial charge on any atom is 0.244 e. The first-order chi connectivity index (χ1) is 9.27. The zero-order chi connectivity index (χ0) is 13.1. The first-order valence-electron chi connectivity index (χ1n) is 7.31. The van der Waals surface area contributed by atoms with Crippen LogP contribution in [0.2, 0.25) is 0 Å². The molecule has 0 radical (unpaired) electrons. The topological polar surface area (TPSA) is 29.1 Å². The molecule has 1 N–H and O–H groups in total. The standard InChI is InChI=1S/C17H21NO/c19-16-11-15(14-7-3-1-4-8-14)12-17(13-18-16)9-5-2-6-10-17/h1,3-4,7-8,11H,2,5-6,9-10,12-13H2,(H,18,19). The van der Waals surface area contributed by atoms with Crippen LogP contribution in [0.5, 0.6) is 0 Å². The van der Waals surface area contributed by atoms with Crippen molar-refractivity contribution in [3.8, 4) is 0 Å². The molecule has 100 valence electrons. The van der Waals surface area contributed by atoms with Gasteiger partial charge in [-0.05, 0) is 35.8 Å². The van der Waals surface area contributed by atoms with Gasteiger partial charge in [0.2, 0.25) is 5.91 Å². The molecule has 2 heteroatoms. The van der Waals surface area contributed by atoms with Crippen molar-refractivity contribution in [1.29, 1.82) is 0 Å². The van der Waals surface area contributed by atoms with Gasteiger partial charge in [0.25, 0.3) is 0 Å². The molecule has 1 fully saturated rings. The molecule has 1 aromatic carbocycles. The third-order valence-corrected chi connectivity index (χ3v) is 4.57. The fraction of sp³-hybridized carbons (Fsp3) is 0.471. The van der Waals surface area contributed by atoms with E-state index in [1.54, 1.807) is 6.08 Å². The molecular formula is C17H21NO. The van der Waals surface area contributed by atoms with Crippen molar-refractivity contribution < 1.29 is 4.79 Å². The third-order valence-electron chi connectivity index (χ3n) is 4.57. The highest BCUT2D eigenvalue weighted by Gasteiger charge is 2.35. The number of carbonyl (C=O) groups excluding carboxylic acids is 1. The Balaban J connectivity index is 1.91. The molecule has 0 saturated heterocycles. The van der Waals surface area contributed by atoms with E-state index in [-0.39, 0.29) is 5.91 Å². The SMILES string of the molecule is O=C1C=C(c2ccccc2)CC2(CCCCC2)CN1. The van der Waals surface area contributed by atoms with E-state index < -0.39 is 0 Å². The van der Waals surface area contributed by atoms with Crippen molar-refractivity contribution in [2.24, 2.45) is 5.41 Å². The molecule has 1 saturated carbocycles. The smallest absolute Gasteiger partial charge is 0.244 e. The predicted molar refractivity (Wildman–Crippen MR) is 77.6 cm³/mol. The van der Waals surface area contributed by atoms with E-state index in [2.05, 4.69) is 17.4 Å². The fourth-order valence-corrected chi connectivity index (χ4v) is 3.49. The minimum atomic E-state index is 0.0706. The minimum Gasteiger partial charge on any atom is -0.352 e. The second kappa shape index (κ2) is 5.20. The molecule has 1 heterocycles. The van der Waals surface area contributed by atoms with Crippen molar-refractivity contribution in [2.75, 3.05) is 6.54 Å². The molecule has 2 nitrogen and oxygen atoms in total. The number of hydrogen-bond donors (Lipinski definition) is 1. The van der Waals surface area contributed by atoms with Crippen LogP contribution in [0.4, 0.5) is 0 Å². The maximum absolute atomic E-state index is 11.9. The maximum atomic E-state index is 11.9. The fourth-order valence-electron chi connectivity index (χ4n) is 3.49. The number of benzene rings is 1. The van der Waals surface area contributed by atoms with Crippen molar-refractivity contribution >= 4 is 11.5 Å². The first-order valence-corrected chi connectivity index (χ1v) is 7.31. The summed E-state index contributed by atoms with van der Waals surface area (Å²) in [4.78, 5) is 11.9. The van der Waals surface area contributed by atoms with Crippen LogP contribution < -0.4 is 5.32 Å². The summed E-state index contributed by atoms with van der Waals surface area (Å²) in [6, 6.07) is 10.3. The van der Waals surface area contributed by atoms with Crippen LogP contribution in [0, 0.1) is 5.41 Å². The largest absolute Gasteiger partial charge is 0.352 e. The summed E-state index contributed by atoms with van der Waals surface area (Å²) in [7, 11) is 0. The van der Waals surface area contributed by atoms with Crippen LogP contribution in [-0.2, 0) is 4.79 Å². The van der Waals surface area contributed by atoms with Gasteiger partial charge in [-0.15, -0.1) is 0 Å². The summed E-state index contributed by atoms with van der Waals surface area (Å²) < 4.78 is 0. The van der Waals surface area contributed by atoms with Gasteiger partial charge >= 0.3 is 0 Å². The summed E-state index contributed by atoms with van der Waals surface area (Å²) in [5, 5.41) is 3.09. The Bertz CT molecular complexity index is 483. The Hall–Kier alpha value is -1.57. The van der Waals surface area contributed by atoms with Crippen molar-refractivity contribution in [1.82, 2.24) is 5.32 Å². The third kappa shape index (κ3) is 2.73. The average Bonchev–Trinajstić information content (AvgIpc) is 2.61. The summed E-state index contributed by atoms with van der Waals surface area (Å²) in [5.41, 5.74) is 2.70. The van der Waals surface area contributed by atoms with E-state index in [9.17, 15) is 4.79 Å². The minimum absolute atomic E-state index is 0.0706. The second-order valence-electron chi connectivity index (χ2n) is 5.99. The van der Waals surface area contributed by atoms with Crippen LogP contribution in [0.1, 0.15) is 44.1 Å². The van der Waals surface area contributed by atoms with Crippen LogP contribution in [0.3, 0.4) is 0 Å². The number of hydrogen-bond acceptors (Lipinski definition) is 1. The summed E-state index contributed by atoms with van der Waals surface area (Å²) in [5.74, 6) is 0.0706. The quantitative estimate of drug-likeness (QED) is 0.817. The van der Waals surface area contributed by atoms with Crippen LogP contribution in [-0.4, -0.2) is 12.5 Å². The van der Waals surface area contributed by atoms with Gasteiger partial charge in [-0.1, -0.05) is 49.6 Å². The first kappa shape index (κ1) is 12.5. The molecule has 2 aliphatic rings. The molecule has 1 amide bonds. The van der Waals surface area contributed by atoms with Crippen LogP contribution in [0.15, 0.2) is 36.4 Å². The second-order valence-corrected chi connectivity index (χ2v) is 5.99. The van der Waals surface area contributed by atoms with Crippen LogP contribution >= 0.6 is 0 Å². The normalized spacial score (nSPS) is 22.5. The highest BCUT2D eigenvalue weighted by molar-refractivity contribution is 5.96. The zero-order valence-electron chi connectivity index (χ0n) is 11.3. The number of nitrogens with one attached hydrogen (secondary N) is 1.